The molecule has 0 amide bonds. The molecule has 2 rings (SSSR count). The van der Waals surface area contributed by atoms with Crippen molar-refractivity contribution >= 4 is 21.6 Å². The van der Waals surface area contributed by atoms with E-state index in [9.17, 15) is 10.4 Å². The molecule has 4 N–H and O–H groups in total. The standard InChI is InChI=1S/C12H14N4O2S2/c1-7-3-9(5-15(17)11(7)13)19-20-10-4-8(2)12(14)16(18)6-10/h3-6,13-14,17-18H,1-2H3. The summed E-state index contributed by atoms with van der Waals surface area (Å²) in [5, 5.41) is 34.2. The first-order valence-corrected chi connectivity index (χ1v) is 7.82. The van der Waals surface area contributed by atoms with Gasteiger partial charge >= 0.3 is 0 Å². The molecular formula is C12H14N4O2S2. The SMILES string of the molecule is Cc1cc(SSc2cc(C)c(=N)n(O)c2)cn(O)c1=N. The van der Waals surface area contributed by atoms with E-state index in [1.165, 1.54) is 34.0 Å². The lowest BCUT2D eigenvalue weighted by molar-refractivity contribution is 0.167. The van der Waals surface area contributed by atoms with Crippen LogP contribution in [-0.4, -0.2) is 19.9 Å². The smallest absolute Gasteiger partial charge is 0.163 e. The largest absolute Gasteiger partial charge is 0.427 e. The molecule has 106 valence electrons. The maximum absolute atomic E-state index is 9.54. The monoisotopic (exact) mass is 310 g/mol. The number of aryl methyl sites for hydroxylation is 2. The van der Waals surface area contributed by atoms with E-state index in [0.29, 0.717) is 11.1 Å². The van der Waals surface area contributed by atoms with Crippen molar-refractivity contribution in [3.8, 4) is 0 Å². The van der Waals surface area contributed by atoms with Crippen molar-refractivity contribution in [2.45, 2.75) is 23.6 Å². The average Bonchev–Trinajstić information content (AvgIpc) is 2.39. The summed E-state index contributed by atoms with van der Waals surface area (Å²) in [5.74, 6) is 0. The Hall–Kier alpha value is -1.80. The summed E-state index contributed by atoms with van der Waals surface area (Å²) >= 11 is 0. The van der Waals surface area contributed by atoms with Crippen LogP contribution in [-0.2, 0) is 0 Å². The van der Waals surface area contributed by atoms with Crippen molar-refractivity contribution in [2.24, 2.45) is 0 Å². The number of hydrogen-bond donors (Lipinski definition) is 4. The number of hydrogen-bond acceptors (Lipinski definition) is 6. The van der Waals surface area contributed by atoms with Gasteiger partial charge in [0.1, 0.15) is 0 Å². The van der Waals surface area contributed by atoms with Gasteiger partial charge in [0.2, 0.25) is 0 Å². The molecule has 8 heteroatoms. The molecule has 0 aliphatic rings. The van der Waals surface area contributed by atoms with Crippen LogP contribution < -0.4 is 11.0 Å². The summed E-state index contributed by atoms with van der Waals surface area (Å²) in [6, 6.07) is 3.62. The highest BCUT2D eigenvalue weighted by Gasteiger charge is 2.05. The van der Waals surface area contributed by atoms with Crippen LogP contribution in [0, 0.1) is 24.7 Å². The summed E-state index contributed by atoms with van der Waals surface area (Å²) in [6.07, 6.45) is 2.93. The van der Waals surface area contributed by atoms with E-state index < -0.39 is 0 Å². The summed E-state index contributed by atoms with van der Waals surface area (Å²) in [7, 11) is 2.80. The summed E-state index contributed by atoms with van der Waals surface area (Å²) in [5.41, 5.74) is 1.46. The third-order valence-electron chi connectivity index (χ3n) is 2.66. The third kappa shape index (κ3) is 3.02. The second-order valence-electron chi connectivity index (χ2n) is 4.27. The van der Waals surface area contributed by atoms with Crippen LogP contribution in [0.15, 0.2) is 34.3 Å². The molecule has 2 aromatic rings. The Morgan fingerprint density at radius 1 is 0.850 bits per heavy atom. The average molecular weight is 310 g/mol. The molecule has 0 aliphatic carbocycles. The van der Waals surface area contributed by atoms with Crippen LogP contribution in [0.5, 0.6) is 0 Å². The minimum Gasteiger partial charge on any atom is -0.427 e. The quantitative estimate of drug-likeness (QED) is 0.515. The lowest BCUT2D eigenvalue weighted by Crippen LogP contribution is -2.19. The van der Waals surface area contributed by atoms with E-state index in [1.54, 1.807) is 13.8 Å². The van der Waals surface area contributed by atoms with Crippen molar-refractivity contribution in [1.82, 2.24) is 9.46 Å². The van der Waals surface area contributed by atoms with Gasteiger partial charge in [-0.1, -0.05) is 21.6 Å². The lowest BCUT2D eigenvalue weighted by Gasteiger charge is -2.07. The molecule has 0 aromatic carbocycles. The van der Waals surface area contributed by atoms with E-state index in [2.05, 4.69) is 0 Å². The van der Waals surface area contributed by atoms with Crippen molar-refractivity contribution in [1.29, 1.82) is 10.8 Å². The minimum absolute atomic E-state index is 0.0574. The number of nitrogens with zero attached hydrogens (tertiary/aromatic N) is 2. The Kier molecular flexibility index (Phi) is 4.15. The van der Waals surface area contributed by atoms with Crippen LogP contribution in [0.4, 0.5) is 0 Å². The zero-order chi connectivity index (χ0) is 14.9. The maximum Gasteiger partial charge on any atom is 0.163 e. The van der Waals surface area contributed by atoms with Gasteiger partial charge in [-0.25, -0.2) is 0 Å². The molecule has 0 saturated carbocycles. The molecule has 2 aromatic heterocycles. The second-order valence-corrected chi connectivity index (χ2v) is 6.55. The number of aromatic nitrogens is 2. The van der Waals surface area contributed by atoms with Crippen LogP contribution in [0.1, 0.15) is 11.1 Å². The maximum atomic E-state index is 9.54. The Balaban J connectivity index is 2.21. The fourth-order valence-corrected chi connectivity index (χ4v) is 3.61. The van der Waals surface area contributed by atoms with E-state index in [4.69, 9.17) is 10.8 Å². The van der Waals surface area contributed by atoms with Gasteiger partial charge in [-0.15, -0.1) is 0 Å². The van der Waals surface area contributed by atoms with Gasteiger partial charge in [-0.3, -0.25) is 10.8 Å². The Morgan fingerprint density at radius 3 is 1.50 bits per heavy atom. The molecule has 0 spiro atoms. The first kappa shape index (κ1) is 14.6. The predicted molar refractivity (Wildman–Crippen MR) is 76.1 cm³/mol. The molecule has 0 fully saturated rings. The van der Waals surface area contributed by atoms with E-state index >= 15 is 0 Å². The molecule has 0 radical (unpaired) electrons. The molecule has 6 nitrogen and oxygen atoms in total. The van der Waals surface area contributed by atoms with Crippen molar-refractivity contribution in [3.63, 3.8) is 0 Å². The van der Waals surface area contributed by atoms with Crippen LogP contribution >= 0.6 is 21.6 Å². The van der Waals surface area contributed by atoms with Crippen LogP contribution in [0.2, 0.25) is 0 Å². The van der Waals surface area contributed by atoms with Gasteiger partial charge in [-0.05, 0) is 37.1 Å². The number of nitrogens with one attached hydrogen (secondary N) is 2. The van der Waals surface area contributed by atoms with Gasteiger partial charge in [0.05, 0.1) is 12.4 Å². The Morgan fingerprint density at radius 2 is 1.20 bits per heavy atom. The third-order valence-corrected chi connectivity index (χ3v) is 4.98. The minimum atomic E-state index is 0.0574. The Bertz CT molecular complexity index is 649. The summed E-state index contributed by atoms with van der Waals surface area (Å²) < 4.78 is 1.56. The number of rotatable bonds is 3. The first-order valence-electron chi connectivity index (χ1n) is 5.67. The molecule has 0 saturated heterocycles. The first-order chi connectivity index (χ1) is 9.38. The van der Waals surface area contributed by atoms with E-state index in [1.807, 2.05) is 12.1 Å². The molecule has 0 aliphatic heterocycles. The summed E-state index contributed by atoms with van der Waals surface area (Å²) in [4.78, 5) is 1.59. The predicted octanol–water partition coefficient (Wildman–Crippen LogP) is 2.14. The van der Waals surface area contributed by atoms with Gasteiger partial charge in [0, 0.05) is 9.79 Å². The lowest BCUT2D eigenvalue weighted by atomic mass is 10.3. The van der Waals surface area contributed by atoms with Crippen molar-refractivity contribution in [2.75, 3.05) is 0 Å². The van der Waals surface area contributed by atoms with Crippen molar-refractivity contribution < 1.29 is 10.4 Å². The molecule has 0 atom stereocenters. The second kappa shape index (κ2) is 5.68. The van der Waals surface area contributed by atoms with Gasteiger partial charge in [0.25, 0.3) is 0 Å². The normalized spacial score (nSPS) is 10.7. The van der Waals surface area contributed by atoms with E-state index in [-0.39, 0.29) is 11.0 Å². The highest BCUT2D eigenvalue weighted by atomic mass is 33.1. The zero-order valence-corrected chi connectivity index (χ0v) is 12.5. The molecule has 0 unspecified atom stereocenters. The fraction of sp³-hybridized carbons (Fsp3) is 0.167. The highest BCUT2D eigenvalue weighted by Crippen LogP contribution is 2.36. The van der Waals surface area contributed by atoms with Gasteiger partial charge in [-0.2, -0.15) is 9.46 Å². The summed E-state index contributed by atoms with van der Waals surface area (Å²) in [6.45, 7) is 3.51. The van der Waals surface area contributed by atoms with Gasteiger partial charge < -0.3 is 10.4 Å². The van der Waals surface area contributed by atoms with Crippen LogP contribution in [0.25, 0.3) is 0 Å². The topological polar surface area (TPSA) is 98.0 Å². The van der Waals surface area contributed by atoms with E-state index in [0.717, 1.165) is 19.3 Å². The fourth-order valence-electron chi connectivity index (χ4n) is 1.56. The molecule has 0 bridgehead atoms. The molecular weight excluding hydrogens is 296 g/mol. The molecule has 20 heavy (non-hydrogen) atoms. The Labute approximate surface area is 123 Å². The van der Waals surface area contributed by atoms with Crippen molar-refractivity contribution in [3.05, 3.63) is 46.6 Å². The molecule has 2 heterocycles. The zero-order valence-electron chi connectivity index (χ0n) is 10.9. The number of pyridine rings is 2. The van der Waals surface area contributed by atoms with Gasteiger partial charge in [0.15, 0.2) is 11.0 Å². The highest BCUT2D eigenvalue weighted by molar-refractivity contribution is 8.76. The van der Waals surface area contributed by atoms with Crippen LogP contribution in [0.3, 0.4) is 0 Å².